The van der Waals surface area contributed by atoms with E-state index in [1.807, 2.05) is 11.8 Å². The van der Waals surface area contributed by atoms with Gasteiger partial charge in [-0.1, -0.05) is 0 Å². The van der Waals surface area contributed by atoms with Crippen LogP contribution in [0.15, 0.2) is 12.4 Å². The van der Waals surface area contributed by atoms with Crippen molar-refractivity contribution in [2.24, 2.45) is 5.92 Å². The summed E-state index contributed by atoms with van der Waals surface area (Å²) in [5.74, 6) is -0.794. The average Bonchev–Trinajstić information content (AvgIpc) is 2.79. The molecule has 0 spiro atoms. The van der Waals surface area contributed by atoms with Crippen LogP contribution in [0.2, 0.25) is 0 Å². The van der Waals surface area contributed by atoms with Crippen molar-refractivity contribution < 1.29 is 18.7 Å². The first-order valence-corrected chi connectivity index (χ1v) is 6.25. The van der Waals surface area contributed by atoms with Gasteiger partial charge in [0.25, 0.3) is 0 Å². The van der Waals surface area contributed by atoms with E-state index in [0.29, 0.717) is 31.8 Å². The highest BCUT2D eigenvalue weighted by Crippen LogP contribution is 2.25. The zero-order chi connectivity index (χ0) is 14.0. The van der Waals surface area contributed by atoms with Crippen molar-refractivity contribution in [3.05, 3.63) is 18.2 Å². The van der Waals surface area contributed by atoms with Gasteiger partial charge in [0, 0.05) is 18.4 Å². The third-order valence-corrected chi connectivity index (χ3v) is 3.67. The molecule has 0 radical (unpaired) electrons. The Kier molecular flexibility index (Phi) is 4.14. The number of piperidine rings is 1. The number of carboxylic acids is 1. The van der Waals surface area contributed by atoms with E-state index in [4.69, 9.17) is 5.11 Å². The number of aliphatic carboxylic acids is 1. The van der Waals surface area contributed by atoms with Crippen LogP contribution in [0.4, 0.5) is 8.78 Å². The highest BCUT2D eigenvalue weighted by Gasteiger charge is 2.30. The minimum atomic E-state index is -2.59. The van der Waals surface area contributed by atoms with Crippen molar-refractivity contribution in [2.45, 2.75) is 38.9 Å². The van der Waals surface area contributed by atoms with Crippen molar-refractivity contribution >= 4 is 5.97 Å². The third-order valence-electron chi connectivity index (χ3n) is 3.67. The van der Waals surface area contributed by atoms with Gasteiger partial charge in [-0.3, -0.25) is 14.3 Å². The first kappa shape index (κ1) is 13.9. The molecule has 2 atom stereocenters. The molecule has 1 fully saturated rings. The Bertz CT molecular complexity index is 450. The predicted octanol–water partition coefficient (Wildman–Crippen LogP) is 1.96. The van der Waals surface area contributed by atoms with Crippen LogP contribution in [0.1, 0.15) is 32.1 Å². The van der Waals surface area contributed by atoms with E-state index in [1.54, 1.807) is 0 Å². The van der Waals surface area contributed by atoms with E-state index >= 15 is 0 Å². The lowest BCUT2D eigenvalue weighted by Gasteiger charge is -2.35. The highest BCUT2D eigenvalue weighted by atomic mass is 19.3. The number of halogens is 2. The molecule has 0 bridgehead atoms. The second-order valence-electron chi connectivity index (χ2n) is 4.91. The summed E-state index contributed by atoms with van der Waals surface area (Å²) in [5, 5.41) is 8.98. The summed E-state index contributed by atoms with van der Waals surface area (Å²) < 4.78 is 26.3. The molecule has 0 aliphatic carbocycles. The number of imidazole rings is 1. The Morgan fingerprint density at radius 1 is 1.63 bits per heavy atom. The summed E-state index contributed by atoms with van der Waals surface area (Å²) in [6.07, 6.45) is 3.71. The van der Waals surface area contributed by atoms with Gasteiger partial charge in [0.1, 0.15) is 5.82 Å². The molecule has 5 nitrogen and oxygen atoms in total. The van der Waals surface area contributed by atoms with Crippen molar-refractivity contribution in [3.63, 3.8) is 0 Å². The van der Waals surface area contributed by atoms with E-state index in [9.17, 15) is 13.6 Å². The van der Waals surface area contributed by atoms with Gasteiger partial charge < -0.3 is 5.11 Å². The monoisotopic (exact) mass is 273 g/mol. The minimum absolute atomic E-state index is 0.0534. The maximum Gasteiger partial charge on any atom is 0.319 e. The quantitative estimate of drug-likeness (QED) is 0.911. The van der Waals surface area contributed by atoms with Crippen LogP contribution in [-0.2, 0) is 11.3 Å². The lowest BCUT2D eigenvalue weighted by molar-refractivity contribution is -0.144. The van der Waals surface area contributed by atoms with Crippen LogP contribution < -0.4 is 0 Å². The normalized spacial score (nSPS) is 24.8. The zero-order valence-corrected chi connectivity index (χ0v) is 10.7. The second kappa shape index (κ2) is 5.64. The second-order valence-corrected chi connectivity index (χ2v) is 4.91. The fraction of sp³-hybridized carbons (Fsp3) is 0.667. The Balaban J connectivity index is 2.00. The first-order valence-electron chi connectivity index (χ1n) is 6.25. The maximum atomic E-state index is 12.7. The van der Waals surface area contributed by atoms with E-state index in [1.165, 1.54) is 12.4 Å². The summed E-state index contributed by atoms with van der Waals surface area (Å²) in [7, 11) is 0. The Labute approximate surface area is 109 Å². The molecule has 1 aromatic rings. The number of alkyl halides is 2. The van der Waals surface area contributed by atoms with Crippen LogP contribution in [0.5, 0.6) is 0 Å². The number of rotatable bonds is 4. The molecule has 2 rings (SSSR count). The fourth-order valence-electron chi connectivity index (χ4n) is 2.51. The van der Waals surface area contributed by atoms with E-state index in [2.05, 4.69) is 4.98 Å². The number of hydrogen-bond acceptors (Lipinski definition) is 3. The van der Waals surface area contributed by atoms with Crippen molar-refractivity contribution in [2.75, 3.05) is 6.54 Å². The van der Waals surface area contributed by atoms with Crippen LogP contribution in [0.25, 0.3) is 0 Å². The number of aromatic nitrogens is 2. The molecule has 0 aromatic carbocycles. The average molecular weight is 273 g/mol. The third kappa shape index (κ3) is 3.09. The molecule has 106 valence electrons. The van der Waals surface area contributed by atoms with Gasteiger partial charge in [-0.05, 0) is 26.3 Å². The molecular weight excluding hydrogens is 256 g/mol. The van der Waals surface area contributed by atoms with Gasteiger partial charge in [-0.25, -0.2) is 4.98 Å². The molecule has 0 saturated carbocycles. The van der Waals surface area contributed by atoms with Crippen molar-refractivity contribution in [1.82, 2.24) is 14.5 Å². The molecule has 1 saturated heterocycles. The molecule has 1 aliphatic rings. The topological polar surface area (TPSA) is 58.4 Å². The molecule has 7 heteroatoms. The maximum absolute atomic E-state index is 12.7. The van der Waals surface area contributed by atoms with Gasteiger partial charge in [0.2, 0.25) is 0 Å². The van der Waals surface area contributed by atoms with E-state index < -0.39 is 12.5 Å². The summed E-state index contributed by atoms with van der Waals surface area (Å²) in [6.45, 7) is 0.244. The summed E-state index contributed by atoms with van der Waals surface area (Å²) >= 11 is 0. The number of nitrogens with zero attached hydrogens (tertiary/aromatic N) is 3. The first-order chi connectivity index (χ1) is 8.99. The van der Waals surface area contributed by atoms with Gasteiger partial charge >= 0.3 is 12.5 Å². The largest absolute Gasteiger partial charge is 0.481 e. The number of carbonyl (C=O) groups is 1. The standard InChI is InChI=1S/C12H17F2N3O2/c1-8-6-9(11(18)19)2-4-16(8)7-10-15-3-5-17(10)12(13)14/h3,5,8-9,12H,2,4,6-7H2,1H3,(H,18,19). The van der Waals surface area contributed by atoms with Crippen LogP contribution in [0.3, 0.4) is 0 Å². The molecule has 2 unspecified atom stereocenters. The Morgan fingerprint density at radius 3 is 2.95 bits per heavy atom. The minimum Gasteiger partial charge on any atom is -0.481 e. The SMILES string of the molecule is CC1CC(C(=O)O)CCN1Cc1nccn1C(F)F. The van der Waals surface area contributed by atoms with Gasteiger partial charge in [-0.2, -0.15) is 8.78 Å². The predicted molar refractivity (Wildman–Crippen MR) is 63.7 cm³/mol. The van der Waals surface area contributed by atoms with E-state index in [-0.39, 0.29) is 12.0 Å². The number of hydrogen-bond donors (Lipinski definition) is 1. The van der Waals surface area contributed by atoms with Gasteiger partial charge in [0.05, 0.1) is 12.5 Å². The molecule has 1 N–H and O–H groups in total. The number of carboxylic acid groups (broad SMARTS) is 1. The van der Waals surface area contributed by atoms with Crippen LogP contribution in [-0.4, -0.2) is 38.1 Å². The Morgan fingerprint density at radius 2 is 2.37 bits per heavy atom. The van der Waals surface area contributed by atoms with Gasteiger partial charge in [0.15, 0.2) is 0 Å². The molecule has 0 amide bonds. The van der Waals surface area contributed by atoms with Crippen LogP contribution in [0, 0.1) is 5.92 Å². The summed E-state index contributed by atoms with van der Waals surface area (Å²) in [6, 6.07) is 0.0534. The van der Waals surface area contributed by atoms with Crippen molar-refractivity contribution in [1.29, 1.82) is 0 Å². The molecular formula is C12H17F2N3O2. The highest BCUT2D eigenvalue weighted by molar-refractivity contribution is 5.70. The number of likely N-dealkylation sites (tertiary alicyclic amines) is 1. The molecule has 1 aliphatic heterocycles. The zero-order valence-electron chi connectivity index (χ0n) is 10.7. The molecule has 19 heavy (non-hydrogen) atoms. The van der Waals surface area contributed by atoms with Crippen molar-refractivity contribution in [3.8, 4) is 0 Å². The summed E-state index contributed by atoms with van der Waals surface area (Å²) in [5.41, 5.74) is 0. The Hall–Kier alpha value is -1.50. The van der Waals surface area contributed by atoms with Crippen LogP contribution >= 0.6 is 0 Å². The molecule has 2 heterocycles. The van der Waals surface area contributed by atoms with Gasteiger partial charge in [-0.15, -0.1) is 0 Å². The van der Waals surface area contributed by atoms with E-state index in [0.717, 1.165) is 4.57 Å². The summed E-state index contributed by atoms with van der Waals surface area (Å²) in [4.78, 5) is 16.9. The lowest BCUT2D eigenvalue weighted by atomic mass is 9.92. The lowest BCUT2D eigenvalue weighted by Crippen LogP contribution is -2.42. The fourth-order valence-corrected chi connectivity index (χ4v) is 2.51. The smallest absolute Gasteiger partial charge is 0.319 e. The molecule has 1 aromatic heterocycles.